The molecule has 0 amide bonds. The van der Waals surface area contributed by atoms with Crippen molar-refractivity contribution in [3.63, 3.8) is 0 Å². The van der Waals surface area contributed by atoms with Gasteiger partial charge in [-0.1, -0.05) is 59.6 Å². The molecule has 0 radical (unpaired) electrons. The molecule has 0 spiro atoms. The molecular weight excluding hydrogens is 543 g/mol. The number of carbonyl (C=O) groups excluding carboxylic acids is 2. The van der Waals surface area contributed by atoms with Crippen molar-refractivity contribution < 1.29 is 41.5 Å². The van der Waals surface area contributed by atoms with Crippen LogP contribution in [-0.4, -0.2) is 31.4 Å². The van der Waals surface area contributed by atoms with E-state index < -0.39 is 0 Å². The molecule has 0 aliphatic rings. The predicted molar refractivity (Wildman–Crippen MR) is 149 cm³/mol. The van der Waals surface area contributed by atoms with Crippen LogP contribution >= 0.6 is 23.2 Å². The number of rotatable bonds is 6. The fraction of sp³-hybridized carbons (Fsp3) is 0. The first kappa shape index (κ1) is 29.8. The fourth-order valence-electron chi connectivity index (χ4n) is 3.05. The summed E-state index contributed by atoms with van der Waals surface area (Å²) < 4.78 is 0. The van der Waals surface area contributed by atoms with Crippen molar-refractivity contribution in [3.05, 3.63) is 154 Å². The molecule has 7 heteroatoms. The van der Waals surface area contributed by atoms with Crippen LogP contribution in [0.2, 0.25) is 10.0 Å². The second-order valence-electron chi connectivity index (χ2n) is 7.58. The van der Waals surface area contributed by atoms with Crippen LogP contribution in [0.3, 0.4) is 0 Å². The van der Waals surface area contributed by atoms with Gasteiger partial charge < -0.3 is 10.2 Å². The molecule has 4 aromatic rings. The van der Waals surface area contributed by atoms with Gasteiger partial charge in [0.15, 0.2) is 0 Å². The van der Waals surface area contributed by atoms with E-state index in [4.69, 9.17) is 23.2 Å². The first-order valence-electron chi connectivity index (χ1n) is 10.9. The van der Waals surface area contributed by atoms with Gasteiger partial charge in [-0.15, -0.1) is 0 Å². The fourth-order valence-corrected chi connectivity index (χ4v) is 3.30. The molecule has 4 aromatic carbocycles. The Balaban J connectivity index is 0.000000253. The van der Waals surface area contributed by atoms with E-state index in [1.807, 2.05) is 36.4 Å². The summed E-state index contributed by atoms with van der Waals surface area (Å²) in [4.78, 5) is 19.7. The van der Waals surface area contributed by atoms with Crippen LogP contribution < -0.4 is 0 Å². The molecule has 0 aliphatic heterocycles. The van der Waals surface area contributed by atoms with E-state index in [2.05, 4.69) is 0 Å². The molecule has 37 heavy (non-hydrogen) atoms. The van der Waals surface area contributed by atoms with Crippen molar-refractivity contribution >= 4 is 46.3 Å². The Kier molecular flexibility index (Phi) is 12.1. The summed E-state index contributed by atoms with van der Waals surface area (Å²) >= 11 is 11.5. The minimum absolute atomic E-state index is 0. The van der Waals surface area contributed by atoms with E-state index in [0.717, 1.165) is 0 Å². The zero-order chi connectivity index (χ0) is 25.9. The topological polar surface area (TPSA) is 83.3 Å². The summed E-state index contributed by atoms with van der Waals surface area (Å²) in [5.41, 5.74) is 2.50. The number of aliphatic hydroxyl groups excluding tert-OH is 2. The van der Waals surface area contributed by atoms with Gasteiger partial charge in [-0.25, -0.2) is 0 Å². The quantitative estimate of drug-likeness (QED) is 0.0825. The molecule has 0 atom stereocenters. The molecule has 4 nitrogen and oxygen atoms in total. The number of hydrogen-bond donors (Lipinski definition) is 2. The Bertz CT molecular complexity index is 1260. The van der Waals surface area contributed by atoms with E-state index in [9.17, 15) is 19.8 Å². The summed E-state index contributed by atoms with van der Waals surface area (Å²) in [5.74, 6) is 0.0205. The van der Waals surface area contributed by atoms with Crippen LogP contribution in [0.15, 0.2) is 121 Å². The smallest absolute Gasteiger partial charge is 0.350 e. The van der Waals surface area contributed by atoms with Crippen molar-refractivity contribution in [3.8, 4) is 0 Å². The average molecular weight is 567 g/mol. The van der Waals surface area contributed by atoms with Gasteiger partial charge in [0.05, 0.1) is 23.3 Å². The van der Waals surface area contributed by atoms with E-state index in [0.29, 0.717) is 32.3 Å². The molecule has 0 fully saturated rings. The zero-order valence-corrected chi connectivity index (χ0v) is 22.7. The second-order valence-corrected chi connectivity index (χ2v) is 8.45. The van der Waals surface area contributed by atoms with Gasteiger partial charge >= 0.3 is 11.6 Å². The Labute approximate surface area is 240 Å². The molecule has 4 N–H and O–H groups in total. The van der Waals surface area contributed by atoms with E-state index in [-0.39, 0.29) is 44.8 Å². The molecule has 0 bridgehead atoms. The minimum Gasteiger partial charge on any atom is -0.507 e. The molecule has 184 valence electrons. The van der Waals surface area contributed by atoms with Crippen molar-refractivity contribution in [1.82, 2.24) is 0 Å². The third-order valence-corrected chi connectivity index (χ3v) is 5.47. The second kappa shape index (κ2) is 15.0. The third kappa shape index (κ3) is 9.53. The van der Waals surface area contributed by atoms with Crippen LogP contribution in [0.25, 0.3) is 11.5 Å². The maximum absolute atomic E-state index is 9.88. The summed E-state index contributed by atoms with van der Waals surface area (Å²) in [6, 6.07) is 31.5. The molecular formula is C30H24Cl2O4Ti+2. The van der Waals surface area contributed by atoms with E-state index in [1.165, 1.54) is 12.2 Å². The Hall–Kier alpha value is -3.41. The summed E-state index contributed by atoms with van der Waals surface area (Å²) in [5, 5.41) is 21.0. The zero-order valence-electron chi connectivity index (χ0n) is 19.6. The van der Waals surface area contributed by atoms with Crippen molar-refractivity contribution in [2.45, 2.75) is 0 Å². The van der Waals surface area contributed by atoms with Gasteiger partial charge in [0.2, 0.25) is 0 Å². The molecule has 0 saturated heterocycles. The molecule has 0 heterocycles. The SMILES string of the molecule is O/C(=C\C(=[OH+])c1ccccc1)c1ccc(Cl)cc1.O/C(=C\C(=[OH+])c1ccccc1)c1ccc(Cl)cc1.[Ti]. The Morgan fingerprint density at radius 2 is 0.784 bits per heavy atom. The van der Waals surface area contributed by atoms with E-state index in [1.54, 1.807) is 72.8 Å². The van der Waals surface area contributed by atoms with Gasteiger partial charge in [-0.05, 0) is 72.8 Å². The third-order valence-electron chi connectivity index (χ3n) is 4.97. The number of allylic oxidation sites excluding steroid dienone is 2. The van der Waals surface area contributed by atoms with Crippen molar-refractivity contribution in [2.75, 3.05) is 0 Å². The number of ketones is 2. The van der Waals surface area contributed by atoms with Gasteiger partial charge in [-0.3, -0.25) is 9.59 Å². The summed E-state index contributed by atoms with van der Waals surface area (Å²) in [6.07, 6.45) is 2.64. The van der Waals surface area contributed by atoms with Crippen LogP contribution in [0.4, 0.5) is 0 Å². The van der Waals surface area contributed by atoms with Gasteiger partial charge in [0, 0.05) is 42.9 Å². The molecule has 0 aliphatic carbocycles. The summed E-state index contributed by atoms with van der Waals surface area (Å²) in [6.45, 7) is 0. The summed E-state index contributed by atoms with van der Waals surface area (Å²) in [7, 11) is 0. The van der Waals surface area contributed by atoms with Crippen molar-refractivity contribution in [2.24, 2.45) is 0 Å². The number of aliphatic hydroxyl groups is 2. The van der Waals surface area contributed by atoms with E-state index >= 15 is 0 Å². The standard InChI is InChI=1S/2C15H11ClO2.Ti/c2*16-13-8-6-12(7-9-13)15(18)10-14(17)11-4-2-1-3-5-11;/h2*1-10,18H;/p+2/b2*15-10-;. The average Bonchev–Trinajstić information content (AvgIpc) is 2.90. The van der Waals surface area contributed by atoms with Gasteiger partial charge in [0.25, 0.3) is 0 Å². The van der Waals surface area contributed by atoms with Crippen LogP contribution in [0, 0.1) is 0 Å². The maximum atomic E-state index is 9.88. The molecule has 0 saturated carbocycles. The number of benzene rings is 4. The maximum Gasteiger partial charge on any atom is 0.350 e. The predicted octanol–water partition coefficient (Wildman–Crippen LogP) is 7.66. The van der Waals surface area contributed by atoms with Crippen LogP contribution in [0.5, 0.6) is 0 Å². The van der Waals surface area contributed by atoms with Gasteiger partial charge in [0.1, 0.15) is 11.5 Å². The Morgan fingerprint density at radius 1 is 0.486 bits per heavy atom. The first-order valence-corrected chi connectivity index (χ1v) is 11.6. The van der Waals surface area contributed by atoms with Crippen LogP contribution in [-0.2, 0) is 21.7 Å². The first-order chi connectivity index (χ1) is 17.3. The number of hydrogen-bond acceptors (Lipinski definition) is 2. The largest absolute Gasteiger partial charge is 0.507 e. The molecule has 0 unspecified atom stereocenters. The van der Waals surface area contributed by atoms with Crippen molar-refractivity contribution in [1.29, 1.82) is 0 Å². The van der Waals surface area contributed by atoms with Gasteiger partial charge in [-0.2, -0.15) is 0 Å². The normalized spacial score (nSPS) is 11.0. The monoisotopic (exact) mass is 566 g/mol. The number of halogens is 2. The van der Waals surface area contributed by atoms with Crippen LogP contribution in [0.1, 0.15) is 22.3 Å². The molecule has 0 aromatic heterocycles. The Morgan fingerprint density at radius 3 is 1.08 bits per heavy atom. The molecule has 4 rings (SSSR count). The minimum atomic E-state index is -0.00646.